The number of ether oxygens (including phenoxy) is 1. The Bertz CT molecular complexity index is 813. The van der Waals surface area contributed by atoms with Crippen molar-refractivity contribution in [3.05, 3.63) is 77.0 Å². The van der Waals surface area contributed by atoms with Crippen LogP contribution in [0, 0.1) is 0 Å². The number of hydrogen-bond acceptors (Lipinski definition) is 3. The van der Waals surface area contributed by atoms with Gasteiger partial charge < -0.3 is 9.84 Å². The Morgan fingerprint density at radius 1 is 0.952 bits per heavy atom. The van der Waals surface area contributed by atoms with Crippen LogP contribution in [0.3, 0.4) is 0 Å². The van der Waals surface area contributed by atoms with Crippen molar-refractivity contribution in [2.45, 2.75) is 19.3 Å². The Kier molecular flexibility index (Phi) is 2.95. The SMILES string of the molecule is OC(c1ccc2c(c1)COC2)c1ccc2ncccc2c1. The summed E-state index contributed by atoms with van der Waals surface area (Å²) >= 11 is 0. The number of rotatable bonds is 2. The highest BCUT2D eigenvalue weighted by atomic mass is 16.5. The fourth-order valence-corrected chi connectivity index (χ4v) is 2.82. The van der Waals surface area contributed by atoms with Crippen LogP contribution in [0.25, 0.3) is 10.9 Å². The van der Waals surface area contributed by atoms with Gasteiger partial charge in [-0.2, -0.15) is 0 Å². The molecular formula is C18H15NO2. The van der Waals surface area contributed by atoms with E-state index in [9.17, 15) is 5.11 Å². The first kappa shape index (κ1) is 12.5. The summed E-state index contributed by atoms with van der Waals surface area (Å²) in [4.78, 5) is 4.30. The van der Waals surface area contributed by atoms with Crippen LogP contribution in [0.5, 0.6) is 0 Å². The highest BCUT2D eigenvalue weighted by molar-refractivity contribution is 5.79. The molecule has 1 atom stereocenters. The predicted octanol–water partition coefficient (Wildman–Crippen LogP) is 3.35. The summed E-state index contributed by atoms with van der Waals surface area (Å²) in [7, 11) is 0. The molecule has 3 heteroatoms. The molecule has 21 heavy (non-hydrogen) atoms. The van der Waals surface area contributed by atoms with E-state index < -0.39 is 6.10 Å². The van der Waals surface area contributed by atoms with Gasteiger partial charge in [0.05, 0.1) is 18.7 Å². The number of benzene rings is 2. The zero-order valence-electron chi connectivity index (χ0n) is 11.5. The summed E-state index contributed by atoms with van der Waals surface area (Å²) in [5, 5.41) is 11.7. The van der Waals surface area contributed by atoms with Crippen LogP contribution in [0.2, 0.25) is 0 Å². The fourth-order valence-electron chi connectivity index (χ4n) is 2.82. The van der Waals surface area contributed by atoms with E-state index in [0.717, 1.165) is 22.0 Å². The number of hydrogen-bond donors (Lipinski definition) is 1. The Labute approximate surface area is 122 Å². The smallest absolute Gasteiger partial charge is 0.104 e. The third-order valence-electron chi connectivity index (χ3n) is 4.00. The van der Waals surface area contributed by atoms with E-state index in [4.69, 9.17) is 4.74 Å². The van der Waals surface area contributed by atoms with Crippen LogP contribution in [0.15, 0.2) is 54.7 Å². The second-order valence-corrected chi connectivity index (χ2v) is 5.38. The highest BCUT2D eigenvalue weighted by Gasteiger charge is 2.16. The summed E-state index contributed by atoms with van der Waals surface area (Å²) in [6.07, 6.45) is 1.15. The minimum absolute atomic E-state index is 0.625. The van der Waals surface area contributed by atoms with Crippen molar-refractivity contribution in [3.63, 3.8) is 0 Å². The molecular weight excluding hydrogens is 262 g/mol. The number of aliphatic hydroxyl groups is 1. The second kappa shape index (κ2) is 4.95. The molecule has 0 spiro atoms. The molecule has 1 N–H and O–H groups in total. The summed E-state index contributed by atoms with van der Waals surface area (Å²) in [5.41, 5.74) is 5.12. The lowest BCUT2D eigenvalue weighted by Crippen LogP contribution is -2.01. The third-order valence-corrected chi connectivity index (χ3v) is 4.00. The maximum Gasteiger partial charge on any atom is 0.104 e. The van der Waals surface area contributed by atoms with Gasteiger partial charge in [0.25, 0.3) is 0 Å². The zero-order valence-corrected chi connectivity index (χ0v) is 11.5. The summed E-state index contributed by atoms with van der Waals surface area (Å²) in [6, 6.07) is 15.9. The number of aromatic nitrogens is 1. The van der Waals surface area contributed by atoms with Crippen LogP contribution >= 0.6 is 0 Å². The van der Waals surface area contributed by atoms with E-state index in [-0.39, 0.29) is 0 Å². The predicted molar refractivity (Wildman–Crippen MR) is 80.7 cm³/mol. The van der Waals surface area contributed by atoms with Gasteiger partial charge in [0.1, 0.15) is 6.10 Å². The van der Waals surface area contributed by atoms with Crippen molar-refractivity contribution in [3.8, 4) is 0 Å². The molecule has 0 radical (unpaired) electrons. The average Bonchev–Trinajstić information content (AvgIpc) is 3.01. The first-order chi connectivity index (χ1) is 10.3. The van der Waals surface area contributed by atoms with Crippen molar-refractivity contribution in [2.75, 3.05) is 0 Å². The molecule has 1 unspecified atom stereocenters. The minimum Gasteiger partial charge on any atom is -0.384 e. The van der Waals surface area contributed by atoms with E-state index in [0.29, 0.717) is 13.2 Å². The first-order valence-electron chi connectivity index (χ1n) is 7.03. The van der Waals surface area contributed by atoms with Crippen LogP contribution in [0.4, 0.5) is 0 Å². The van der Waals surface area contributed by atoms with E-state index in [1.165, 1.54) is 11.1 Å². The molecule has 1 aromatic heterocycles. The van der Waals surface area contributed by atoms with Crippen molar-refractivity contribution < 1.29 is 9.84 Å². The number of nitrogens with zero attached hydrogens (tertiary/aromatic N) is 1. The molecule has 0 aliphatic carbocycles. The molecule has 104 valence electrons. The van der Waals surface area contributed by atoms with Crippen molar-refractivity contribution in [1.29, 1.82) is 0 Å². The molecule has 1 aliphatic heterocycles. The van der Waals surface area contributed by atoms with E-state index >= 15 is 0 Å². The van der Waals surface area contributed by atoms with Gasteiger partial charge in [-0.25, -0.2) is 0 Å². The van der Waals surface area contributed by atoms with Crippen molar-refractivity contribution in [2.24, 2.45) is 0 Å². The Morgan fingerprint density at radius 2 is 1.76 bits per heavy atom. The maximum absolute atomic E-state index is 10.6. The Balaban J connectivity index is 1.73. The highest BCUT2D eigenvalue weighted by Crippen LogP contribution is 2.28. The Morgan fingerprint density at radius 3 is 2.71 bits per heavy atom. The zero-order chi connectivity index (χ0) is 14.2. The van der Waals surface area contributed by atoms with E-state index in [1.54, 1.807) is 6.20 Å². The first-order valence-corrected chi connectivity index (χ1v) is 7.03. The molecule has 3 aromatic rings. The maximum atomic E-state index is 10.6. The lowest BCUT2D eigenvalue weighted by Gasteiger charge is -2.13. The molecule has 4 rings (SSSR count). The molecule has 3 nitrogen and oxygen atoms in total. The largest absolute Gasteiger partial charge is 0.384 e. The van der Waals surface area contributed by atoms with Crippen LogP contribution < -0.4 is 0 Å². The standard InChI is InChI=1S/C18H15NO2/c20-18(13-3-4-15-10-21-11-16(15)9-13)14-5-6-17-12(8-14)2-1-7-19-17/h1-9,18,20H,10-11H2. The third kappa shape index (κ3) is 2.20. The summed E-state index contributed by atoms with van der Waals surface area (Å²) < 4.78 is 5.42. The van der Waals surface area contributed by atoms with Crippen LogP contribution in [-0.4, -0.2) is 10.1 Å². The molecule has 0 saturated heterocycles. The average molecular weight is 277 g/mol. The Hall–Kier alpha value is -2.23. The van der Waals surface area contributed by atoms with Crippen molar-refractivity contribution in [1.82, 2.24) is 4.98 Å². The molecule has 0 bridgehead atoms. The fraction of sp³-hybridized carbons (Fsp3) is 0.167. The van der Waals surface area contributed by atoms with Gasteiger partial charge >= 0.3 is 0 Å². The van der Waals surface area contributed by atoms with Gasteiger partial charge in [-0.15, -0.1) is 0 Å². The number of fused-ring (bicyclic) bond motifs is 2. The van der Waals surface area contributed by atoms with Gasteiger partial charge in [0, 0.05) is 11.6 Å². The topological polar surface area (TPSA) is 42.4 Å². The molecule has 2 aromatic carbocycles. The van der Waals surface area contributed by atoms with Gasteiger partial charge in [0.15, 0.2) is 0 Å². The van der Waals surface area contributed by atoms with E-state index in [1.807, 2.05) is 48.5 Å². The van der Waals surface area contributed by atoms with Gasteiger partial charge in [-0.3, -0.25) is 4.98 Å². The lowest BCUT2D eigenvalue weighted by molar-refractivity contribution is 0.134. The van der Waals surface area contributed by atoms with Crippen LogP contribution in [0.1, 0.15) is 28.4 Å². The van der Waals surface area contributed by atoms with Crippen molar-refractivity contribution >= 4 is 10.9 Å². The summed E-state index contributed by atoms with van der Waals surface area (Å²) in [6.45, 7) is 1.31. The summed E-state index contributed by atoms with van der Waals surface area (Å²) in [5.74, 6) is 0. The normalized spacial score (nSPS) is 15.1. The molecule has 0 fully saturated rings. The molecule has 1 aliphatic rings. The molecule has 0 amide bonds. The van der Waals surface area contributed by atoms with Gasteiger partial charge in [-0.05, 0) is 40.5 Å². The number of aliphatic hydroxyl groups excluding tert-OH is 1. The second-order valence-electron chi connectivity index (χ2n) is 5.38. The molecule has 0 saturated carbocycles. The number of pyridine rings is 1. The monoisotopic (exact) mass is 277 g/mol. The van der Waals surface area contributed by atoms with Crippen LogP contribution in [-0.2, 0) is 18.0 Å². The lowest BCUT2D eigenvalue weighted by atomic mass is 9.97. The van der Waals surface area contributed by atoms with Gasteiger partial charge in [-0.1, -0.05) is 30.3 Å². The quantitative estimate of drug-likeness (QED) is 0.781. The van der Waals surface area contributed by atoms with Gasteiger partial charge in [0.2, 0.25) is 0 Å². The van der Waals surface area contributed by atoms with E-state index in [2.05, 4.69) is 4.98 Å². The molecule has 2 heterocycles. The minimum atomic E-state index is -0.625.